The highest BCUT2D eigenvalue weighted by Crippen LogP contribution is 2.32. The minimum Gasteiger partial charge on any atom is -0.459 e. The molecule has 1 aromatic rings. The summed E-state index contributed by atoms with van der Waals surface area (Å²) >= 11 is 6.09. The summed E-state index contributed by atoms with van der Waals surface area (Å²) in [5.74, 6) is -7.60. The van der Waals surface area contributed by atoms with Gasteiger partial charge in [-0.25, -0.2) is 17.6 Å². The molecule has 1 atom stereocenters. The van der Waals surface area contributed by atoms with Gasteiger partial charge in [-0.15, -0.1) is 11.6 Å². The molecular formula is C19H20ClF4NO3. The Morgan fingerprint density at radius 3 is 2.04 bits per heavy atom. The van der Waals surface area contributed by atoms with Gasteiger partial charge in [0.15, 0.2) is 23.3 Å². The van der Waals surface area contributed by atoms with Crippen molar-refractivity contribution in [3.05, 3.63) is 46.0 Å². The fourth-order valence-electron chi connectivity index (χ4n) is 2.22. The fourth-order valence-corrected chi connectivity index (χ4v) is 2.37. The highest BCUT2D eigenvalue weighted by molar-refractivity contribution is 6.30. The van der Waals surface area contributed by atoms with E-state index >= 15 is 0 Å². The molecule has 9 heteroatoms. The Balaban J connectivity index is 2.98. The van der Waals surface area contributed by atoms with E-state index in [0.29, 0.717) is 5.57 Å². The number of nitriles is 1. The molecule has 0 saturated heterocycles. The number of benzene rings is 1. The average molecular weight is 422 g/mol. The highest BCUT2D eigenvalue weighted by atomic mass is 35.5. The van der Waals surface area contributed by atoms with Crippen molar-refractivity contribution in [3.63, 3.8) is 0 Å². The summed E-state index contributed by atoms with van der Waals surface area (Å²) in [7, 11) is 1.11. The van der Waals surface area contributed by atoms with Gasteiger partial charge in [0, 0.05) is 12.7 Å². The van der Waals surface area contributed by atoms with Crippen molar-refractivity contribution in [2.24, 2.45) is 5.41 Å². The number of esters is 1. The van der Waals surface area contributed by atoms with E-state index in [1.807, 2.05) is 6.07 Å². The lowest BCUT2D eigenvalue weighted by Gasteiger charge is -2.27. The molecule has 1 aromatic carbocycles. The minimum atomic E-state index is -1.67. The second kappa shape index (κ2) is 9.89. The Labute approximate surface area is 165 Å². The second-order valence-electron chi connectivity index (χ2n) is 6.81. The zero-order valence-corrected chi connectivity index (χ0v) is 16.6. The number of methoxy groups -OCH3 is 1. The second-order valence-corrected chi connectivity index (χ2v) is 7.24. The predicted octanol–water partition coefficient (Wildman–Crippen LogP) is 4.93. The first kappa shape index (κ1) is 23.9. The number of allylic oxidation sites excluding steroid dienone is 2. The number of nitrogens with zero attached hydrogens (tertiary/aromatic N) is 1. The van der Waals surface area contributed by atoms with Crippen LogP contribution in [0.4, 0.5) is 17.6 Å². The van der Waals surface area contributed by atoms with Crippen molar-refractivity contribution >= 4 is 17.6 Å². The third-order valence-electron chi connectivity index (χ3n) is 4.10. The molecule has 0 amide bonds. The van der Waals surface area contributed by atoms with E-state index in [-0.39, 0.29) is 6.42 Å². The van der Waals surface area contributed by atoms with Gasteiger partial charge < -0.3 is 9.47 Å². The molecule has 0 aliphatic heterocycles. The largest absolute Gasteiger partial charge is 0.459 e. The quantitative estimate of drug-likeness (QED) is 0.196. The number of carbonyl (C=O) groups excluding carboxylic acids is 1. The van der Waals surface area contributed by atoms with Crippen LogP contribution in [-0.2, 0) is 27.5 Å². The van der Waals surface area contributed by atoms with Gasteiger partial charge >= 0.3 is 5.97 Å². The Hall–Kier alpha value is -2.11. The number of carbonyl (C=O) groups is 1. The standard InChI is InChI=1S/C19H20ClF4NO3/c1-10(7-25)5-6-19(2,3)17(20)18(26)28-9-12-15(23)13(21)11(8-27-4)14(22)16(12)24/h5,17H,6,8-9H2,1-4H3. The van der Waals surface area contributed by atoms with Gasteiger partial charge in [0.1, 0.15) is 12.0 Å². The van der Waals surface area contributed by atoms with Gasteiger partial charge in [-0.1, -0.05) is 19.9 Å². The molecule has 154 valence electrons. The Bertz CT molecular complexity index is 789. The van der Waals surface area contributed by atoms with E-state index in [4.69, 9.17) is 21.6 Å². The maximum absolute atomic E-state index is 14.1. The van der Waals surface area contributed by atoms with Gasteiger partial charge in [-0.3, -0.25) is 4.79 Å². The maximum Gasteiger partial charge on any atom is 0.324 e. The lowest BCUT2D eigenvalue weighted by Crippen LogP contribution is -2.33. The molecule has 0 aromatic heterocycles. The summed E-state index contributed by atoms with van der Waals surface area (Å²) in [6.45, 7) is 3.14. The van der Waals surface area contributed by atoms with Crippen LogP contribution in [-0.4, -0.2) is 18.5 Å². The van der Waals surface area contributed by atoms with Crippen LogP contribution in [0.5, 0.6) is 0 Å². The lowest BCUT2D eigenvalue weighted by molar-refractivity contribution is -0.146. The third kappa shape index (κ3) is 5.46. The monoisotopic (exact) mass is 421 g/mol. The molecule has 0 bridgehead atoms. The van der Waals surface area contributed by atoms with Crippen molar-refractivity contribution in [1.29, 1.82) is 5.26 Å². The smallest absolute Gasteiger partial charge is 0.324 e. The molecule has 4 nitrogen and oxygen atoms in total. The molecule has 0 spiro atoms. The predicted molar refractivity (Wildman–Crippen MR) is 94.2 cm³/mol. The van der Waals surface area contributed by atoms with Gasteiger partial charge in [-0.2, -0.15) is 5.26 Å². The van der Waals surface area contributed by atoms with E-state index in [0.717, 1.165) is 7.11 Å². The molecule has 0 aliphatic rings. The number of ether oxygens (including phenoxy) is 2. The van der Waals surface area contributed by atoms with Crippen LogP contribution < -0.4 is 0 Å². The van der Waals surface area contributed by atoms with Gasteiger partial charge in [-0.05, 0) is 18.8 Å². The molecular weight excluding hydrogens is 402 g/mol. The first-order chi connectivity index (χ1) is 13.0. The summed E-state index contributed by atoms with van der Waals surface area (Å²) in [6.07, 6.45) is 1.84. The van der Waals surface area contributed by atoms with Crippen LogP contribution in [0.15, 0.2) is 11.6 Å². The fraction of sp³-hybridized carbons (Fsp3) is 0.474. The third-order valence-corrected chi connectivity index (χ3v) is 4.87. The molecule has 0 heterocycles. The molecule has 1 unspecified atom stereocenters. The van der Waals surface area contributed by atoms with E-state index in [1.165, 1.54) is 0 Å². The van der Waals surface area contributed by atoms with Crippen LogP contribution >= 0.6 is 11.6 Å². The minimum absolute atomic E-state index is 0.257. The van der Waals surface area contributed by atoms with Crippen LogP contribution in [0.25, 0.3) is 0 Å². The molecule has 0 saturated carbocycles. The molecule has 0 N–H and O–H groups in total. The van der Waals surface area contributed by atoms with E-state index in [2.05, 4.69) is 4.74 Å². The first-order valence-corrected chi connectivity index (χ1v) is 8.61. The van der Waals surface area contributed by atoms with Crippen molar-refractivity contribution < 1.29 is 31.8 Å². The van der Waals surface area contributed by atoms with E-state index in [1.54, 1.807) is 26.8 Å². The van der Waals surface area contributed by atoms with Crippen molar-refractivity contribution in [2.45, 2.75) is 45.8 Å². The molecule has 1 rings (SSSR count). The molecule has 28 heavy (non-hydrogen) atoms. The first-order valence-electron chi connectivity index (χ1n) is 8.18. The van der Waals surface area contributed by atoms with Gasteiger partial charge in [0.25, 0.3) is 0 Å². The number of hydrogen-bond acceptors (Lipinski definition) is 4. The van der Waals surface area contributed by atoms with Crippen LogP contribution in [0, 0.1) is 40.0 Å². The number of hydrogen-bond donors (Lipinski definition) is 0. The molecule has 0 radical (unpaired) electrons. The summed E-state index contributed by atoms with van der Waals surface area (Å²) in [5, 5.41) is 7.52. The van der Waals surface area contributed by atoms with E-state index < -0.39 is 64.4 Å². The van der Waals surface area contributed by atoms with Crippen LogP contribution in [0.2, 0.25) is 0 Å². The molecule has 0 aliphatic carbocycles. The number of alkyl halides is 1. The maximum atomic E-state index is 14.1. The number of rotatable bonds is 8. The van der Waals surface area contributed by atoms with Crippen molar-refractivity contribution in [3.8, 4) is 6.07 Å². The summed E-state index contributed by atoms with van der Waals surface area (Å²) in [6, 6.07) is 1.93. The van der Waals surface area contributed by atoms with Crippen molar-refractivity contribution in [1.82, 2.24) is 0 Å². The Morgan fingerprint density at radius 1 is 1.14 bits per heavy atom. The number of halogens is 5. The zero-order chi connectivity index (χ0) is 21.6. The highest BCUT2D eigenvalue weighted by Gasteiger charge is 2.35. The lowest BCUT2D eigenvalue weighted by atomic mass is 9.84. The summed E-state index contributed by atoms with van der Waals surface area (Å²) in [5.41, 5.74) is -2.39. The summed E-state index contributed by atoms with van der Waals surface area (Å²) < 4.78 is 65.2. The van der Waals surface area contributed by atoms with E-state index in [9.17, 15) is 22.4 Å². The normalized spacial score (nSPS) is 13.2. The van der Waals surface area contributed by atoms with Crippen LogP contribution in [0.1, 0.15) is 38.3 Å². The Kier molecular flexibility index (Phi) is 8.46. The SMILES string of the molecule is COCc1c(F)c(F)c(COC(=O)C(Cl)C(C)(C)CC=C(C)C#N)c(F)c1F. The molecule has 0 fully saturated rings. The Morgan fingerprint density at radius 2 is 1.61 bits per heavy atom. The summed E-state index contributed by atoms with van der Waals surface area (Å²) in [4.78, 5) is 12.1. The van der Waals surface area contributed by atoms with Crippen LogP contribution in [0.3, 0.4) is 0 Å². The van der Waals surface area contributed by atoms with Gasteiger partial charge in [0.05, 0.1) is 23.8 Å². The average Bonchev–Trinajstić information content (AvgIpc) is 2.66. The van der Waals surface area contributed by atoms with Crippen molar-refractivity contribution in [2.75, 3.05) is 7.11 Å². The topological polar surface area (TPSA) is 59.3 Å². The zero-order valence-electron chi connectivity index (χ0n) is 15.8. The van der Waals surface area contributed by atoms with Gasteiger partial charge in [0.2, 0.25) is 0 Å².